The van der Waals surface area contributed by atoms with Gasteiger partial charge in [0.1, 0.15) is 10.7 Å². The first-order chi connectivity index (χ1) is 15.0. The molecule has 0 radical (unpaired) electrons. The van der Waals surface area contributed by atoms with Gasteiger partial charge in [0.25, 0.3) is 5.91 Å². The number of thiazole rings is 1. The Hall–Kier alpha value is -2.20. The largest absolute Gasteiger partial charge is 0.312 e. The Morgan fingerprint density at radius 2 is 1.77 bits per heavy atom. The van der Waals surface area contributed by atoms with Crippen molar-refractivity contribution in [3.8, 4) is 11.3 Å². The van der Waals surface area contributed by atoms with E-state index in [1.54, 1.807) is 23.9 Å². The monoisotopic (exact) mass is 473 g/mol. The zero-order chi connectivity index (χ0) is 21.8. The first-order valence-corrected chi connectivity index (χ1v) is 13.3. The molecule has 2 heterocycles. The number of hydrogen-bond acceptors (Lipinski definition) is 6. The van der Waals surface area contributed by atoms with E-state index in [4.69, 9.17) is 0 Å². The number of aromatic nitrogens is 1. The van der Waals surface area contributed by atoms with Crippen LogP contribution in [0, 0.1) is 0 Å². The van der Waals surface area contributed by atoms with Gasteiger partial charge in [-0.3, -0.25) is 4.79 Å². The molecule has 1 fully saturated rings. The van der Waals surface area contributed by atoms with Crippen molar-refractivity contribution < 1.29 is 13.2 Å². The number of carbonyl (C=O) groups is 1. The van der Waals surface area contributed by atoms with E-state index in [-0.39, 0.29) is 10.8 Å². The lowest BCUT2D eigenvalue weighted by molar-refractivity contribution is 0.102. The molecule has 0 atom stereocenters. The number of rotatable bonds is 7. The average Bonchev–Trinajstić information content (AvgIpc) is 3.46. The van der Waals surface area contributed by atoms with Crippen molar-refractivity contribution in [1.82, 2.24) is 9.29 Å². The highest BCUT2D eigenvalue weighted by Crippen LogP contribution is 2.37. The zero-order valence-corrected chi connectivity index (χ0v) is 19.5. The normalized spacial score (nSPS) is 14.6. The Bertz CT molecular complexity index is 1150. The van der Waals surface area contributed by atoms with Gasteiger partial charge in [0.2, 0.25) is 10.0 Å². The number of benzene rings is 2. The van der Waals surface area contributed by atoms with Gasteiger partial charge < -0.3 is 5.32 Å². The van der Waals surface area contributed by atoms with Crippen molar-refractivity contribution in [2.75, 3.05) is 24.2 Å². The molecule has 2 aromatic carbocycles. The predicted molar refractivity (Wildman–Crippen MR) is 126 cm³/mol. The molecule has 0 saturated carbocycles. The molecular weight excluding hydrogens is 450 g/mol. The standard InChI is InChI=1S/C22H23N3O3S3/c1-2-29-22-23-19(16-8-4-3-5-9-16)21(30-22)24-20(26)17-10-12-18(13-11-17)31(27,28)25-14-6-7-15-25/h3-5,8-13H,2,6-7,14-15H2,1H3,(H,24,26). The molecule has 6 nitrogen and oxygen atoms in total. The van der Waals surface area contributed by atoms with Gasteiger partial charge in [0.15, 0.2) is 4.34 Å². The van der Waals surface area contributed by atoms with Gasteiger partial charge in [-0.2, -0.15) is 4.31 Å². The lowest BCUT2D eigenvalue weighted by Crippen LogP contribution is -2.27. The van der Waals surface area contributed by atoms with E-state index in [1.165, 1.54) is 27.8 Å². The molecule has 1 aliphatic heterocycles. The second kappa shape index (κ2) is 9.52. The van der Waals surface area contributed by atoms with Crippen LogP contribution in [0.15, 0.2) is 63.8 Å². The smallest absolute Gasteiger partial charge is 0.256 e. The van der Waals surface area contributed by atoms with Gasteiger partial charge in [-0.05, 0) is 42.9 Å². The van der Waals surface area contributed by atoms with Crippen LogP contribution >= 0.6 is 23.1 Å². The van der Waals surface area contributed by atoms with E-state index in [9.17, 15) is 13.2 Å². The molecule has 0 unspecified atom stereocenters. The van der Waals surface area contributed by atoms with Crippen LogP contribution in [0.2, 0.25) is 0 Å². The molecule has 1 N–H and O–H groups in total. The Labute approximate surface area is 190 Å². The quantitative estimate of drug-likeness (QED) is 0.491. The fourth-order valence-electron chi connectivity index (χ4n) is 3.39. The zero-order valence-electron chi connectivity index (χ0n) is 17.1. The molecule has 162 valence electrons. The van der Waals surface area contributed by atoms with Gasteiger partial charge in [-0.1, -0.05) is 60.4 Å². The van der Waals surface area contributed by atoms with Gasteiger partial charge in [-0.15, -0.1) is 0 Å². The predicted octanol–water partition coefficient (Wildman–Crippen LogP) is 4.96. The number of nitrogens with one attached hydrogen (secondary N) is 1. The highest BCUT2D eigenvalue weighted by molar-refractivity contribution is 8.01. The Morgan fingerprint density at radius 3 is 2.42 bits per heavy atom. The summed E-state index contributed by atoms with van der Waals surface area (Å²) in [6, 6.07) is 15.9. The fourth-order valence-corrected chi connectivity index (χ4v) is 6.87. The first kappa shape index (κ1) is 22.0. The fraction of sp³-hybridized carbons (Fsp3) is 0.273. The van der Waals surface area contributed by atoms with E-state index < -0.39 is 10.0 Å². The summed E-state index contributed by atoms with van der Waals surface area (Å²) in [4.78, 5) is 17.8. The number of nitrogens with zero attached hydrogens (tertiary/aromatic N) is 2. The first-order valence-electron chi connectivity index (χ1n) is 10.1. The van der Waals surface area contributed by atoms with E-state index >= 15 is 0 Å². The van der Waals surface area contributed by atoms with Crippen molar-refractivity contribution in [2.24, 2.45) is 0 Å². The average molecular weight is 474 g/mol. The lowest BCUT2D eigenvalue weighted by atomic mass is 10.1. The molecule has 1 amide bonds. The number of carbonyl (C=O) groups excluding carboxylic acids is 1. The SMILES string of the molecule is CCSc1nc(-c2ccccc2)c(NC(=O)c2ccc(S(=O)(=O)N3CCCC3)cc2)s1. The van der Waals surface area contributed by atoms with Crippen LogP contribution in [0.1, 0.15) is 30.1 Å². The minimum Gasteiger partial charge on any atom is -0.312 e. The second-order valence-corrected chi connectivity index (χ2v) is 11.5. The molecular formula is C22H23N3O3S3. The van der Waals surface area contributed by atoms with Crippen LogP contribution in [-0.4, -0.2) is 42.5 Å². The third-order valence-corrected chi connectivity index (χ3v) is 8.88. The second-order valence-electron chi connectivity index (χ2n) is 7.05. The third-order valence-electron chi connectivity index (χ3n) is 4.97. The van der Waals surface area contributed by atoms with Crippen LogP contribution in [0.3, 0.4) is 0 Å². The van der Waals surface area contributed by atoms with Crippen LogP contribution in [0.4, 0.5) is 5.00 Å². The molecule has 31 heavy (non-hydrogen) atoms. The summed E-state index contributed by atoms with van der Waals surface area (Å²) >= 11 is 3.07. The van der Waals surface area contributed by atoms with Gasteiger partial charge in [-0.25, -0.2) is 13.4 Å². The summed E-state index contributed by atoms with van der Waals surface area (Å²) in [6.45, 7) is 3.16. The maximum atomic E-state index is 12.9. The number of hydrogen-bond donors (Lipinski definition) is 1. The number of anilines is 1. The lowest BCUT2D eigenvalue weighted by Gasteiger charge is -2.15. The van der Waals surface area contributed by atoms with Crippen molar-refractivity contribution in [3.05, 3.63) is 60.2 Å². The summed E-state index contributed by atoms with van der Waals surface area (Å²) in [6.07, 6.45) is 1.77. The van der Waals surface area contributed by atoms with Crippen LogP contribution < -0.4 is 5.32 Å². The van der Waals surface area contributed by atoms with Crippen molar-refractivity contribution in [1.29, 1.82) is 0 Å². The van der Waals surface area contributed by atoms with Gasteiger partial charge in [0, 0.05) is 24.2 Å². The van der Waals surface area contributed by atoms with Crippen molar-refractivity contribution in [2.45, 2.75) is 29.0 Å². The molecule has 9 heteroatoms. The maximum absolute atomic E-state index is 12.9. The van der Waals surface area contributed by atoms with Crippen LogP contribution in [0.25, 0.3) is 11.3 Å². The summed E-state index contributed by atoms with van der Waals surface area (Å²) in [5, 5.41) is 3.64. The molecule has 1 saturated heterocycles. The van der Waals surface area contributed by atoms with Crippen LogP contribution in [0.5, 0.6) is 0 Å². The van der Waals surface area contributed by atoms with Gasteiger partial charge in [0.05, 0.1) is 4.90 Å². The van der Waals surface area contributed by atoms with E-state index in [0.29, 0.717) is 23.7 Å². The highest BCUT2D eigenvalue weighted by atomic mass is 32.2. The number of thioether (sulfide) groups is 1. The summed E-state index contributed by atoms with van der Waals surface area (Å²) in [7, 11) is -3.49. The maximum Gasteiger partial charge on any atom is 0.256 e. The van der Waals surface area contributed by atoms with Crippen molar-refractivity contribution in [3.63, 3.8) is 0 Å². The molecule has 1 aliphatic rings. The third kappa shape index (κ3) is 4.85. The molecule has 0 bridgehead atoms. The summed E-state index contributed by atoms with van der Waals surface area (Å²) in [5.41, 5.74) is 2.07. The van der Waals surface area contributed by atoms with E-state index in [2.05, 4.69) is 17.2 Å². The summed E-state index contributed by atoms with van der Waals surface area (Å²) < 4.78 is 27.8. The number of amides is 1. The molecule has 0 aliphatic carbocycles. The minimum atomic E-state index is -3.49. The molecule has 3 aromatic rings. The van der Waals surface area contributed by atoms with E-state index in [1.807, 2.05) is 30.3 Å². The number of sulfonamides is 1. The molecule has 4 rings (SSSR count). The summed E-state index contributed by atoms with van der Waals surface area (Å²) in [5.74, 6) is 0.598. The van der Waals surface area contributed by atoms with Crippen LogP contribution in [-0.2, 0) is 10.0 Å². The minimum absolute atomic E-state index is 0.218. The molecule has 1 aromatic heterocycles. The van der Waals surface area contributed by atoms with Gasteiger partial charge >= 0.3 is 0 Å². The Balaban J connectivity index is 1.56. The highest BCUT2D eigenvalue weighted by Gasteiger charge is 2.27. The van der Waals surface area contributed by atoms with Crippen molar-refractivity contribution >= 4 is 44.0 Å². The topological polar surface area (TPSA) is 79.4 Å². The Morgan fingerprint density at radius 1 is 1.10 bits per heavy atom. The van der Waals surface area contributed by atoms with E-state index in [0.717, 1.165) is 34.2 Å². The Kier molecular flexibility index (Phi) is 6.76. The molecule has 0 spiro atoms.